The van der Waals surface area contributed by atoms with Gasteiger partial charge in [0.25, 0.3) is 10.0 Å². The van der Waals surface area contributed by atoms with Crippen LogP contribution in [-0.2, 0) is 10.0 Å². The molecule has 1 heterocycles. The van der Waals surface area contributed by atoms with Crippen molar-refractivity contribution in [3.8, 4) is 11.3 Å². The highest BCUT2D eigenvalue weighted by Gasteiger charge is 2.14. The Hall–Kier alpha value is -2.31. The highest BCUT2D eigenvalue weighted by atomic mass is 35.5. The Labute approximate surface area is 139 Å². The van der Waals surface area contributed by atoms with Gasteiger partial charge in [0.15, 0.2) is 0 Å². The Bertz CT molecular complexity index is 917. The molecule has 0 spiro atoms. The monoisotopic (exact) mass is 347 g/mol. The summed E-state index contributed by atoms with van der Waals surface area (Å²) in [5.74, 6) is 0.826. The molecule has 23 heavy (non-hydrogen) atoms. The van der Waals surface area contributed by atoms with E-state index in [0.29, 0.717) is 10.7 Å². The topological polar surface area (TPSA) is 74.8 Å². The molecule has 3 rings (SSSR count). The summed E-state index contributed by atoms with van der Waals surface area (Å²) in [6.45, 7) is 1.87. The van der Waals surface area contributed by atoms with Crippen molar-refractivity contribution in [2.75, 3.05) is 4.72 Å². The van der Waals surface area contributed by atoms with Crippen molar-refractivity contribution < 1.29 is 8.42 Å². The van der Waals surface area contributed by atoms with Gasteiger partial charge in [-0.15, -0.1) is 0 Å². The molecule has 118 valence electrons. The van der Waals surface area contributed by atoms with Crippen molar-refractivity contribution in [2.45, 2.75) is 11.8 Å². The van der Waals surface area contributed by atoms with Gasteiger partial charge in [-0.3, -0.25) is 4.72 Å². The Morgan fingerprint density at radius 1 is 1.04 bits per heavy atom. The first-order valence-electron chi connectivity index (χ1n) is 6.84. The summed E-state index contributed by atoms with van der Waals surface area (Å²) < 4.78 is 27.1. The van der Waals surface area contributed by atoms with Gasteiger partial charge >= 0.3 is 0 Å². The summed E-state index contributed by atoms with van der Waals surface area (Å²) in [4.78, 5) is 7.43. The number of hydrogen-bond donors (Lipinski definition) is 2. The third-order valence-electron chi connectivity index (χ3n) is 3.27. The number of nitrogens with one attached hydrogen (secondary N) is 2. The highest BCUT2D eigenvalue weighted by Crippen LogP contribution is 2.22. The molecular weight excluding hydrogens is 334 g/mol. The summed E-state index contributed by atoms with van der Waals surface area (Å²) in [6, 6.07) is 13.1. The Kier molecular flexibility index (Phi) is 4.11. The van der Waals surface area contributed by atoms with Crippen LogP contribution in [0.25, 0.3) is 11.3 Å². The number of nitrogens with zero attached hydrogens (tertiary/aromatic N) is 1. The third-order valence-corrected chi connectivity index (χ3v) is 4.92. The fourth-order valence-electron chi connectivity index (χ4n) is 2.11. The molecule has 0 saturated heterocycles. The molecule has 0 atom stereocenters. The molecule has 5 nitrogen and oxygen atoms in total. The van der Waals surface area contributed by atoms with Crippen molar-refractivity contribution in [3.05, 3.63) is 65.6 Å². The van der Waals surface area contributed by atoms with Crippen LogP contribution in [0.15, 0.2) is 59.6 Å². The van der Waals surface area contributed by atoms with Crippen LogP contribution in [0.2, 0.25) is 5.02 Å². The molecule has 7 heteroatoms. The van der Waals surface area contributed by atoms with Gasteiger partial charge in [-0.2, -0.15) is 0 Å². The standard InChI is InChI=1S/C16H14ClN3O2S/c1-11-18-10-16(19-11)12-2-6-14(7-3-12)20-23(21,22)15-8-4-13(17)5-9-15/h2-10,20H,1H3,(H,18,19). The van der Waals surface area contributed by atoms with E-state index >= 15 is 0 Å². The SMILES string of the molecule is Cc1ncc(-c2ccc(NS(=O)(=O)c3ccc(Cl)cc3)cc2)[nH]1. The van der Waals surface area contributed by atoms with Crippen LogP contribution in [0.5, 0.6) is 0 Å². The summed E-state index contributed by atoms with van der Waals surface area (Å²) in [7, 11) is -3.63. The average Bonchev–Trinajstić information content (AvgIpc) is 2.95. The molecule has 0 aliphatic heterocycles. The smallest absolute Gasteiger partial charge is 0.261 e. The molecule has 0 bridgehead atoms. The fourth-order valence-corrected chi connectivity index (χ4v) is 3.30. The average molecular weight is 348 g/mol. The summed E-state index contributed by atoms with van der Waals surface area (Å²) >= 11 is 5.78. The van der Waals surface area contributed by atoms with E-state index in [4.69, 9.17) is 11.6 Å². The van der Waals surface area contributed by atoms with Crippen LogP contribution < -0.4 is 4.72 Å². The first kappa shape index (κ1) is 15.6. The largest absolute Gasteiger partial charge is 0.342 e. The normalized spacial score (nSPS) is 11.4. The van der Waals surface area contributed by atoms with E-state index in [0.717, 1.165) is 17.1 Å². The van der Waals surface area contributed by atoms with Crippen LogP contribution >= 0.6 is 11.6 Å². The van der Waals surface area contributed by atoms with E-state index in [1.807, 2.05) is 19.1 Å². The summed E-state index contributed by atoms with van der Waals surface area (Å²) in [6.07, 6.45) is 1.74. The van der Waals surface area contributed by atoms with E-state index in [9.17, 15) is 8.42 Å². The Balaban J connectivity index is 1.81. The maximum absolute atomic E-state index is 12.3. The van der Waals surface area contributed by atoms with Gasteiger partial charge in [-0.1, -0.05) is 23.7 Å². The number of aromatic amines is 1. The highest BCUT2D eigenvalue weighted by molar-refractivity contribution is 7.92. The van der Waals surface area contributed by atoms with Gasteiger partial charge in [-0.25, -0.2) is 13.4 Å². The van der Waals surface area contributed by atoms with Crippen LogP contribution in [0.3, 0.4) is 0 Å². The number of rotatable bonds is 4. The maximum Gasteiger partial charge on any atom is 0.261 e. The molecule has 0 aliphatic carbocycles. The van der Waals surface area contributed by atoms with Crippen LogP contribution in [-0.4, -0.2) is 18.4 Å². The van der Waals surface area contributed by atoms with Crippen LogP contribution in [0, 0.1) is 6.92 Å². The van der Waals surface area contributed by atoms with E-state index in [1.54, 1.807) is 30.5 Å². The number of hydrogen-bond acceptors (Lipinski definition) is 3. The molecule has 0 amide bonds. The lowest BCUT2D eigenvalue weighted by Crippen LogP contribution is -2.12. The van der Waals surface area contributed by atoms with Crippen molar-refractivity contribution in [1.82, 2.24) is 9.97 Å². The molecule has 0 saturated carbocycles. The van der Waals surface area contributed by atoms with E-state index < -0.39 is 10.0 Å². The summed E-state index contributed by atoms with van der Waals surface area (Å²) in [5.41, 5.74) is 2.30. The summed E-state index contributed by atoms with van der Waals surface area (Å²) in [5, 5.41) is 0.489. The third kappa shape index (κ3) is 3.55. The van der Waals surface area contributed by atoms with E-state index in [1.165, 1.54) is 12.1 Å². The lowest BCUT2D eigenvalue weighted by Gasteiger charge is -2.08. The van der Waals surface area contributed by atoms with E-state index in [-0.39, 0.29) is 4.90 Å². The molecule has 0 unspecified atom stereocenters. The number of benzene rings is 2. The maximum atomic E-state index is 12.3. The number of aromatic nitrogens is 2. The quantitative estimate of drug-likeness (QED) is 0.753. The first-order valence-corrected chi connectivity index (χ1v) is 8.70. The van der Waals surface area contributed by atoms with Gasteiger partial charge < -0.3 is 4.98 Å². The molecule has 3 aromatic rings. The Morgan fingerprint density at radius 2 is 1.70 bits per heavy atom. The molecule has 2 N–H and O–H groups in total. The lowest BCUT2D eigenvalue weighted by atomic mass is 10.1. The number of imidazole rings is 1. The van der Waals surface area contributed by atoms with Crippen LogP contribution in [0.1, 0.15) is 5.82 Å². The van der Waals surface area contributed by atoms with Gasteiger partial charge in [0.1, 0.15) is 5.82 Å². The van der Waals surface area contributed by atoms with E-state index in [2.05, 4.69) is 14.7 Å². The number of sulfonamides is 1. The first-order chi connectivity index (χ1) is 10.9. The number of anilines is 1. The minimum atomic E-state index is -3.63. The van der Waals surface area contributed by atoms with Gasteiger partial charge in [-0.05, 0) is 48.9 Å². The fraction of sp³-hybridized carbons (Fsp3) is 0.0625. The van der Waals surface area contributed by atoms with Gasteiger partial charge in [0, 0.05) is 10.7 Å². The second-order valence-electron chi connectivity index (χ2n) is 5.02. The second kappa shape index (κ2) is 6.06. The predicted molar refractivity (Wildman–Crippen MR) is 91.0 cm³/mol. The molecule has 0 aliphatic rings. The molecule has 0 fully saturated rings. The number of halogens is 1. The van der Waals surface area contributed by atoms with Gasteiger partial charge in [0.05, 0.1) is 16.8 Å². The molecule has 2 aromatic carbocycles. The minimum Gasteiger partial charge on any atom is -0.342 e. The lowest BCUT2D eigenvalue weighted by molar-refractivity contribution is 0.601. The zero-order chi connectivity index (χ0) is 16.4. The van der Waals surface area contributed by atoms with Crippen molar-refractivity contribution in [1.29, 1.82) is 0 Å². The zero-order valence-electron chi connectivity index (χ0n) is 12.2. The number of aryl methyl sites for hydroxylation is 1. The molecule has 1 aromatic heterocycles. The predicted octanol–water partition coefficient (Wildman–Crippen LogP) is 3.84. The second-order valence-corrected chi connectivity index (χ2v) is 7.14. The molecular formula is C16H14ClN3O2S. The van der Waals surface area contributed by atoms with Crippen molar-refractivity contribution in [2.24, 2.45) is 0 Å². The Morgan fingerprint density at radius 3 is 2.26 bits per heavy atom. The molecule has 0 radical (unpaired) electrons. The minimum absolute atomic E-state index is 0.162. The van der Waals surface area contributed by atoms with Crippen LogP contribution in [0.4, 0.5) is 5.69 Å². The van der Waals surface area contributed by atoms with Gasteiger partial charge in [0.2, 0.25) is 0 Å². The van der Waals surface area contributed by atoms with Crippen molar-refractivity contribution in [3.63, 3.8) is 0 Å². The zero-order valence-corrected chi connectivity index (χ0v) is 13.8. The van der Waals surface area contributed by atoms with Crippen molar-refractivity contribution >= 4 is 27.3 Å². The number of H-pyrrole nitrogens is 1.